The van der Waals surface area contributed by atoms with Gasteiger partial charge in [-0.05, 0) is 66.4 Å². The lowest BCUT2D eigenvalue weighted by molar-refractivity contribution is 0.0740. The smallest absolute Gasteiger partial charge is 0.243 e. The van der Waals surface area contributed by atoms with Crippen LogP contribution >= 0.6 is 0 Å². The van der Waals surface area contributed by atoms with Gasteiger partial charge in [-0.2, -0.15) is 4.31 Å². The van der Waals surface area contributed by atoms with Gasteiger partial charge < -0.3 is 4.90 Å². The van der Waals surface area contributed by atoms with Gasteiger partial charge in [-0.25, -0.2) is 8.42 Å². The number of aryl methyl sites for hydroxylation is 2. The number of hydrogen-bond donors (Lipinski definition) is 0. The highest BCUT2D eigenvalue weighted by Gasteiger charge is 2.36. The largest absolute Gasteiger partial charge is 0.309 e. The first-order valence-electron chi connectivity index (χ1n) is 9.10. The molecule has 1 aromatic carbocycles. The van der Waals surface area contributed by atoms with Crippen LogP contribution in [0.3, 0.4) is 0 Å². The Morgan fingerprint density at radius 3 is 2.24 bits per heavy atom. The predicted octanol–water partition coefficient (Wildman–Crippen LogP) is 2.34. The van der Waals surface area contributed by atoms with Gasteiger partial charge in [-0.15, -0.1) is 0 Å². The molecule has 0 spiro atoms. The van der Waals surface area contributed by atoms with Crippen LogP contribution in [0.2, 0.25) is 0 Å². The molecule has 1 aromatic rings. The monoisotopic (exact) mass is 367 g/mol. The van der Waals surface area contributed by atoms with E-state index in [-0.39, 0.29) is 12.1 Å². The molecule has 0 aliphatic carbocycles. The maximum absolute atomic E-state index is 13.1. The molecule has 5 nitrogen and oxygen atoms in total. The zero-order chi connectivity index (χ0) is 18.8. The highest BCUT2D eigenvalue weighted by molar-refractivity contribution is 7.89. The highest BCUT2D eigenvalue weighted by atomic mass is 32.2. The molecule has 6 heteroatoms. The Kier molecular flexibility index (Phi) is 6.65. The van der Waals surface area contributed by atoms with E-state index in [4.69, 9.17) is 0 Å². The van der Waals surface area contributed by atoms with Gasteiger partial charge in [0.05, 0.1) is 4.90 Å². The van der Waals surface area contributed by atoms with E-state index in [1.165, 1.54) is 0 Å². The number of rotatable bonds is 6. The molecular formula is C19H33N3O2S. The molecule has 1 aliphatic rings. The lowest BCUT2D eigenvalue weighted by atomic mass is 10.1. The van der Waals surface area contributed by atoms with E-state index in [1.807, 2.05) is 26.0 Å². The fraction of sp³-hybridized carbons (Fsp3) is 0.684. The van der Waals surface area contributed by atoms with E-state index in [2.05, 4.69) is 37.7 Å². The van der Waals surface area contributed by atoms with Crippen LogP contribution in [0.4, 0.5) is 0 Å². The van der Waals surface area contributed by atoms with Gasteiger partial charge in [0, 0.05) is 31.7 Å². The van der Waals surface area contributed by atoms with Crippen molar-refractivity contribution >= 4 is 10.0 Å². The molecule has 25 heavy (non-hydrogen) atoms. The molecule has 2 unspecified atom stereocenters. The number of hydrogen-bond acceptors (Lipinski definition) is 4. The van der Waals surface area contributed by atoms with E-state index in [0.717, 1.165) is 30.6 Å². The minimum absolute atomic E-state index is 0.228. The summed E-state index contributed by atoms with van der Waals surface area (Å²) in [5.74, 6) is 0. The van der Waals surface area contributed by atoms with E-state index in [1.54, 1.807) is 10.4 Å². The number of nitrogens with zero attached hydrogens (tertiary/aromatic N) is 3. The van der Waals surface area contributed by atoms with Crippen LogP contribution < -0.4 is 0 Å². The van der Waals surface area contributed by atoms with Crippen LogP contribution in [0.25, 0.3) is 0 Å². The SMILES string of the molecule is Cc1ccc(S(=O)(=O)N2CC(C)N(CCCN(C)C)C(C)C2)c(C)c1. The summed E-state index contributed by atoms with van der Waals surface area (Å²) in [7, 11) is 0.735. The summed E-state index contributed by atoms with van der Waals surface area (Å²) >= 11 is 0. The van der Waals surface area contributed by atoms with Gasteiger partial charge in [0.1, 0.15) is 0 Å². The Morgan fingerprint density at radius 1 is 1.12 bits per heavy atom. The molecular weight excluding hydrogens is 334 g/mol. The van der Waals surface area contributed by atoms with Crippen molar-refractivity contribution in [1.29, 1.82) is 0 Å². The molecule has 142 valence electrons. The summed E-state index contributed by atoms with van der Waals surface area (Å²) in [6.07, 6.45) is 1.10. The lowest BCUT2D eigenvalue weighted by Gasteiger charge is -2.44. The first kappa shape index (κ1) is 20.4. The van der Waals surface area contributed by atoms with Crippen LogP contribution in [-0.2, 0) is 10.0 Å². The normalized spacial score (nSPS) is 23.3. The highest BCUT2D eigenvalue weighted by Crippen LogP contribution is 2.25. The summed E-state index contributed by atoms with van der Waals surface area (Å²) in [5, 5.41) is 0. The van der Waals surface area contributed by atoms with Crippen molar-refractivity contribution in [2.75, 3.05) is 40.3 Å². The van der Waals surface area contributed by atoms with E-state index in [0.29, 0.717) is 18.0 Å². The molecule has 0 bridgehead atoms. The van der Waals surface area contributed by atoms with Gasteiger partial charge in [0.2, 0.25) is 10.0 Å². The quantitative estimate of drug-likeness (QED) is 0.774. The Balaban J connectivity index is 2.12. The molecule has 0 aromatic heterocycles. The van der Waals surface area contributed by atoms with E-state index < -0.39 is 10.0 Å². The minimum atomic E-state index is -3.43. The first-order chi connectivity index (χ1) is 11.6. The topological polar surface area (TPSA) is 43.9 Å². The maximum atomic E-state index is 13.1. The van der Waals surface area contributed by atoms with Crippen LogP contribution in [-0.4, -0.2) is 74.9 Å². The van der Waals surface area contributed by atoms with Crippen molar-refractivity contribution in [2.24, 2.45) is 0 Å². The number of piperazine rings is 1. The standard InChI is InChI=1S/C19H33N3O2S/c1-15-8-9-19(16(2)12-15)25(23,24)21-13-17(3)22(18(4)14-21)11-7-10-20(5)6/h8-9,12,17-18H,7,10-11,13-14H2,1-6H3. The van der Waals surface area contributed by atoms with Crippen LogP contribution in [0.5, 0.6) is 0 Å². The minimum Gasteiger partial charge on any atom is -0.309 e. The fourth-order valence-corrected chi connectivity index (χ4v) is 5.55. The molecule has 0 N–H and O–H groups in total. The van der Waals surface area contributed by atoms with Gasteiger partial charge in [0.15, 0.2) is 0 Å². The van der Waals surface area contributed by atoms with Crippen molar-refractivity contribution in [3.8, 4) is 0 Å². The van der Waals surface area contributed by atoms with Crippen LogP contribution in [0.1, 0.15) is 31.4 Å². The zero-order valence-corrected chi connectivity index (χ0v) is 17.3. The first-order valence-corrected chi connectivity index (χ1v) is 10.5. The second-order valence-corrected chi connectivity index (χ2v) is 9.59. The number of sulfonamides is 1. The second-order valence-electron chi connectivity index (χ2n) is 7.68. The average molecular weight is 368 g/mol. The third kappa shape index (κ3) is 4.82. The van der Waals surface area contributed by atoms with Crippen molar-refractivity contribution in [3.63, 3.8) is 0 Å². The van der Waals surface area contributed by atoms with E-state index in [9.17, 15) is 8.42 Å². The van der Waals surface area contributed by atoms with Crippen LogP contribution in [0, 0.1) is 13.8 Å². The van der Waals surface area contributed by atoms with Gasteiger partial charge in [0.25, 0.3) is 0 Å². The Morgan fingerprint density at radius 2 is 1.72 bits per heavy atom. The maximum Gasteiger partial charge on any atom is 0.243 e. The average Bonchev–Trinajstić information content (AvgIpc) is 2.49. The molecule has 1 heterocycles. The molecule has 2 atom stereocenters. The van der Waals surface area contributed by atoms with Crippen LogP contribution in [0.15, 0.2) is 23.1 Å². The summed E-state index contributed by atoms with van der Waals surface area (Å²) < 4.78 is 27.9. The van der Waals surface area contributed by atoms with Crippen molar-refractivity contribution < 1.29 is 8.42 Å². The van der Waals surface area contributed by atoms with Crippen molar-refractivity contribution in [1.82, 2.24) is 14.1 Å². The number of benzene rings is 1. The lowest BCUT2D eigenvalue weighted by Crippen LogP contribution is -2.58. The van der Waals surface area contributed by atoms with Gasteiger partial charge in [-0.3, -0.25) is 4.90 Å². The third-order valence-electron chi connectivity index (χ3n) is 5.04. The molecule has 0 saturated carbocycles. The van der Waals surface area contributed by atoms with Gasteiger partial charge in [-0.1, -0.05) is 17.7 Å². The second kappa shape index (κ2) is 8.16. The summed E-state index contributed by atoms with van der Waals surface area (Å²) in [6.45, 7) is 11.3. The Bertz CT molecular complexity index is 676. The molecule has 1 aliphatic heterocycles. The Labute approximate surface area is 153 Å². The molecule has 0 radical (unpaired) electrons. The molecule has 2 rings (SSSR count). The zero-order valence-electron chi connectivity index (χ0n) is 16.5. The van der Waals surface area contributed by atoms with Crippen molar-refractivity contribution in [2.45, 2.75) is 51.1 Å². The van der Waals surface area contributed by atoms with E-state index >= 15 is 0 Å². The van der Waals surface area contributed by atoms with Crippen molar-refractivity contribution in [3.05, 3.63) is 29.3 Å². The third-order valence-corrected chi connectivity index (χ3v) is 7.03. The predicted molar refractivity (Wildman–Crippen MR) is 103 cm³/mol. The summed E-state index contributed by atoms with van der Waals surface area (Å²) in [4.78, 5) is 5.08. The summed E-state index contributed by atoms with van der Waals surface area (Å²) in [5.41, 5.74) is 1.91. The summed E-state index contributed by atoms with van der Waals surface area (Å²) in [6, 6.07) is 6.03. The van der Waals surface area contributed by atoms with Gasteiger partial charge >= 0.3 is 0 Å². The Hall–Kier alpha value is -0.950. The fourth-order valence-electron chi connectivity index (χ4n) is 3.74. The molecule has 0 amide bonds. The molecule has 1 saturated heterocycles. The molecule has 1 fully saturated rings.